The lowest BCUT2D eigenvalue weighted by molar-refractivity contribution is -0.126. The molecule has 1 unspecified atom stereocenters. The van der Waals surface area contributed by atoms with E-state index in [2.05, 4.69) is 0 Å². The zero-order valence-corrected chi connectivity index (χ0v) is 10.8. The normalized spacial score (nSPS) is 11.8. The van der Waals surface area contributed by atoms with Gasteiger partial charge in [-0.1, -0.05) is 24.3 Å². The Morgan fingerprint density at radius 2 is 1.85 bits per heavy atom. The van der Waals surface area contributed by atoms with Crippen molar-refractivity contribution in [1.82, 2.24) is 5.32 Å². The maximum absolute atomic E-state index is 11.5. The molecule has 0 radical (unpaired) electrons. The number of aromatic hydroxyl groups is 1. The third kappa shape index (κ3) is 2.97. The zero-order valence-electron chi connectivity index (χ0n) is 10.8. The molecule has 0 spiro atoms. The highest BCUT2D eigenvalue weighted by Crippen LogP contribution is 2.31. The largest absolute Gasteiger partial charge is 0.504 e. The molecule has 6 nitrogen and oxygen atoms in total. The first-order chi connectivity index (χ1) is 9.47. The van der Waals surface area contributed by atoms with Gasteiger partial charge in [-0.05, 0) is 29.8 Å². The number of carbonyl (C=O) groups excluding carboxylic acids is 2. The van der Waals surface area contributed by atoms with Crippen LogP contribution in [0, 0.1) is 0 Å². The summed E-state index contributed by atoms with van der Waals surface area (Å²) in [6.45, 7) is 1.45. The number of fused-ring (bicyclic) bond motifs is 1. The molecule has 2 rings (SSSR count). The molecular formula is C14H14N2O4. The Morgan fingerprint density at radius 3 is 2.45 bits per heavy atom. The summed E-state index contributed by atoms with van der Waals surface area (Å²) < 4.78 is 5.35. The monoisotopic (exact) mass is 274 g/mol. The molecule has 0 aliphatic rings. The second-order valence-corrected chi connectivity index (χ2v) is 4.28. The second kappa shape index (κ2) is 5.48. The maximum atomic E-state index is 11.5. The standard InChI is InChI=1S/C14H14N2O4/c1-8(13(18)16-14(15)19)20-12-7-10-5-3-2-4-9(10)6-11(12)17/h2-8,17H,1H3,(H3,15,16,18,19). The molecule has 0 heterocycles. The molecule has 0 fully saturated rings. The number of imide groups is 1. The molecule has 0 aromatic heterocycles. The van der Waals surface area contributed by atoms with E-state index in [4.69, 9.17) is 10.5 Å². The first-order valence-corrected chi connectivity index (χ1v) is 5.96. The van der Waals surface area contributed by atoms with Gasteiger partial charge in [0, 0.05) is 0 Å². The molecule has 2 aromatic rings. The lowest BCUT2D eigenvalue weighted by Gasteiger charge is -2.15. The van der Waals surface area contributed by atoms with E-state index in [9.17, 15) is 14.7 Å². The summed E-state index contributed by atoms with van der Waals surface area (Å²) in [5.74, 6) is -0.594. The summed E-state index contributed by atoms with van der Waals surface area (Å²) in [6, 6.07) is 9.63. The van der Waals surface area contributed by atoms with Gasteiger partial charge in [0.1, 0.15) is 0 Å². The fraction of sp³-hybridized carbons (Fsp3) is 0.143. The minimum Gasteiger partial charge on any atom is -0.504 e. The lowest BCUT2D eigenvalue weighted by atomic mass is 10.1. The van der Waals surface area contributed by atoms with Gasteiger partial charge in [0.15, 0.2) is 17.6 Å². The Bertz CT molecular complexity index is 669. The first kappa shape index (κ1) is 13.7. The van der Waals surface area contributed by atoms with Crippen molar-refractivity contribution in [1.29, 1.82) is 0 Å². The van der Waals surface area contributed by atoms with Crippen molar-refractivity contribution in [3.63, 3.8) is 0 Å². The third-order valence-corrected chi connectivity index (χ3v) is 2.75. The number of phenolic OH excluding ortho intramolecular Hbond substituents is 1. The van der Waals surface area contributed by atoms with Crippen LogP contribution < -0.4 is 15.8 Å². The smallest absolute Gasteiger partial charge is 0.318 e. The van der Waals surface area contributed by atoms with E-state index >= 15 is 0 Å². The Balaban J connectivity index is 2.22. The molecule has 4 N–H and O–H groups in total. The number of carbonyl (C=O) groups is 2. The Kier molecular flexibility index (Phi) is 3.74. The Labute approximate surface area is 115 Å². The van der Waals surface area contributed by atoms with Crippen molar-refractivity contribution in [2.45, 2.75) is 13.0 Å². The second-order valence-electron chi connectivity index (χ2n) is 4.28. The van der Waals surface area contributed by atoms with Crippen LogP contribution in [0.1, 0.15) is 6.92 Å². The van der Waals surface area contributed by atoms with Gasteiger partial charge in [-0.2, -0.15) is 0 Å². The number of nitrogens with two attached hydrogens (primary N) is 1. The SMILES string of the molecule is CC(Oc1cc2ccccc2cc1O)C(=O)NC(N)=O. The molecule has 2 aromatic carbocycles. The van der Waals surface area contributed by atoms with Crippen LogP contribution in [0.4, 0.5) is 4.79 Å². The number of primary amides is 1. The molecule has 0 saturated carbocycles. The van der Waals surface area contributed by atoms with Crippen molar-refractivity contribution in [2.75, 3.05) is 0 Å². The summed E-state index contributed by atoms with van der Waals surface area (Å²) in [6.07, 6.45) is -0.963. The molecule has 0 aliphatic heterocycles. The fourth-order valence-electron chi connectivity index (χ4n) is 1.77. The highest BCUT2D eigenvalue weighted by atomic mass is 16.5. The average molecular weight is 274 g/mol. The van der Waals surface area contributed by atoms with E-state index in [-0.39, 0.29) is 11.5 Å². The van der Waals surface area contributed by atoms with Crippen molar-refractivity contribution in [3.05, 3.63) is 36.4 Å². The molecule has 3 amide bonds. The van der Waals surface area contributed by atoms with Gasteiger partial charge in [-0.15, -0.1) is 0 Å². The number of nitrogens with one attached hydrogen (secondary N) is 1. The molecule has 0 bridgehead atoms. The van der Waals surface area contributed by atoms with Crippen LogP contribution in [0.5, 0.6) is 11.5 Å². The summed E-state index contributed by atoms with van der Waals surface area (Å²) in [4.78, 5) is 22.1. The average Bonchev–Trinajstić information content (AvgIpc) is 2.38. The summed E-state index contributed by atoms with van der Waals surface area (Å²) >= 11 is 0. The van der Waals surface area contributed by atoms with Crippen LogP contribution in [0.2, 0.25) is 0 Å². The minimum absolute atomic E-state index is 0.0811. The number of urea groups is 1. The van der Waals surface area contributed by atoms with Gasteiger partial charge in [0.2, 0.25) is 0 Å². The van der Waals surface area contributed by atoms with E-state index in [0.717, 1.165) is 10.8 Å². The van der Waals surface area contributed by atoms with Gasteiger partial charge in [0.05, 0.1) is 0 Å². The summed E-state index contributed by atoms with van der Waals surface area (Å²) in [5.41, 5.74) is 4.85. The van der Waals surface area contributed by atoms with Gasteiger partial charge in [0.25, 0.3) is 5.91 Å². The van der Waals surface area contributed by atoms with Crippen LogP contribution >= 0.6 is 0 Å². The van der Waals surface area contributed by atoms with Crippen LogP contribution in [-0.2, 0) is 4.79 Å². The number of ether oxygens (including phenoxy) is 1. The molecule has 0 saturated heterocycles. The summed E-state index contributed by atoms with van der Waals surface area (Å²) in [7, 11) is 0. The number of rotatable bonds is 3. The Morgan fingerprint density at radius 1 is 1.25 bits per heavy atom. The number of hydrogen-bond donors (Lipinski definition) is 3. The lowest BCUT2D eigenvalue weighted by Crippen LogP contribution is -2.42. The fourth-order valence-corrected chi connectivity index (χ4v) is 1.77. The van der Waals surface area contributed by atoms with E-state index in [0.29, 0.717) is 0 Å². The quantitative estimate of drug-likeness (QED) is 0.789. The highest BCUT2D eigenvalue weighted by molar-refractivity contribution is 5.96. The van der Waals surface area contributed by atoms with Gasteiger partial charge < -0.3 is 15.6 Å². The number of hydrogen-bond acceptors (Lipinski definition) is 4. The Hall–Kier alpha value is -2.76. The van der Waals surface area contributed by atoms with Crippen LogP contribution in [0.3, 0.4) is 0 Å². The predicted octanol–water partition coefficient (Wildman–Crippen LogP) is 1.51. The maximum Gasteiger partial charge on any atom is 0.318 e. The molecule has 20 heavy (non-hydrogen) atoms. The van der Waals surface area contributed by atoms with Crippen molar-refractivity contribution < 1.29 is 19.4 Å². The molecule has 6 heteroatoms. The van der Waals surface area contributed by atoms with Gasteiger partial charge in [-0.3, -0.25) is 10.1 Å². The highest BCUT2D eigenvalue weighted by Gasteiger charge is 2.18. The van der Waals surface area contributed by atoms with E-state index in [1.165, 1.54) is 6.92 Å². The summed E-state index contributed by atoms with van der Waals surface area (Å²) in [5, 5.41) is 13.5. The van der Waals surface area contributed by atoms with E-state index in [1.54, 1.807) is 12.1 Å². The molecule has 0 aliphatic carbocycles. The van der Waals surface area contributed by atoms with Crippen molar-refractivity contribution in [3.8, 4) is 11.5 Å². The first-order valence-electron chi connectivity index (χ1n) is 5.96. The van der Waals surface area contributed by atoms with Crippen molar-refractivity contribution >= 4 is 22.7 Å². The van der Waals surface area contributed by atoms with Crippen LogP contribution in [0.15, 0.2) is 36.4 Å². The van der Waals surface area contributed by atoms with Crippen LogP contribution in [-0.4, -0.2) is 23.1 Å². The minimum atomic E-state index is -0.963. The molecule has 1 atom stereocenters. The van der Waals surface area contributed by atoms with Crippen LogP contribution in [0.25, 0.3) is 10.8 Å². The topological polar surface area (TPSA) is 102 Å². The van der Waals surface area contributed by atoms with E-state index < -0.39 is 18.0 Å². The molecule has 104 valence electrons. The predicted molar refractivity (Wildman–Crippen MR) is 73.4 cm³/mol. The van der Waals surface area contributed by atoms with Gasteiger partial charge in [-0.25, -0.2) is 4.79 Å². The van der Waals surface area contributed by atoms with Crippen molar-refractivity contribution in [2.24, 2.45) is 5.73 Å². The zero-order chi connectivity index (χ0) is 14.7. The number of amides is 3. The number of phenols is 1. The number of benzene rings is 2. The molecular weight excluding hydrogens is 260 g/mol. The third-order valence-electron chi connectivity index (χ3n) is 2.75. The van der Waals surface area contributed by atoms with Gasteiger partial charge >= 0.3 is 6.03 Å². The van der Waals surface area contributed by atoms with E-state index in [1.807, 2.05) is 29.6 Å².